The lowest BCUT2D eigenvalue weighted by Gasteiger charge is -2.13. The molecule has 1 aliphatic rings. The van der Waals surface area contributed by atoms with Crippen LogP contribution in [0.5, 0.6) is 0 Å². The number of rotatable bonds is 2. The Morgan fingerprint density at radius 1 is 1.41 bits per heavy atom. The molecular formula is C11H10ClF2NO2. The van der Waals surface area contributed by atoms with Crippen LogP contribution in [0.2, 0.25) is 5.02 Å². The smallest absolute Gasteiger partial charge is 0.307 e. The fourth-order valence-corrected chi connectivity index (χ4v) is 2.22. The molecule has 0 saturated carbocycles. The summed E-state index contributed by atoms with van der Waals surface area (Å²) >= 11 is 5.51. The summed E-state index contributed by atoms with van der Waals surface area (Å²) in [6.45, 7) is 0.210. The van der Waals surface area contributed by atoms with Gasteiger partial charge in [0.15, 0.2) is 0 Å². The molecule has 0 radical (unpaired) electrons. The highest BCUT2D eigenvalue weighted by atomic mass is 35.5. The first kappa shape index (κ1) is 12.3. The highest BCUT2D eigenvalue weighted by Gasteiger charge is 2.33. The number of benzene rings is 1. The average Bonchev–Trinajstić information content (AvgIpc) is 2.65. The van der Waals surface area contributed by atoms with E-state index in [1.807, 2.05) is 0 Å². The zero-order valence-corrected chi connectivity index (χ0v) is 9.47. The number of aliphatic carboxylic acids is 1. The van der Waals surface area contributed by atoms with Gasteiger partial charge in [0.25, 0.3) is 0 Å². The van der Waals surface area contributed by atoms with Crippen molar-refractivity contribution in [1.29, 1.82) is 0 Å². The lowest BCUT2D eigenvalue weighted by Crippen LogP contribution is -2.18. The molecule has 2 atom stereocenters. The molecule has 17 heavy (non-hydrogen) atoms. The minimum Gasteiger partial charge on any atom is -0.481 e. The normalized spacial score (nSPS) is 23.9. The second-order valence-electron chi connectivity index (χ2n) is 4.01. The molecule has 1 fully saturated rings. The van der Waals surface area contributed by atoms with Gasteiger partial charge in [-0.15, -0.1) is 0 Å². The molecule has 1 aromatic rings. The third-order valence-electron chi connectivity index (χ3n) is 2.87. The van der Waals surface area contributed by atoms with Gasteiger partial charge in [-0.3, -0.25) is 4.79 Å². The number of hydrogen-bond acceptors (Lipinski definition) is 2. The van der Waals surface area contributed by atoms with Crippen molar-refractivity contribution in [3.8, 4) is 0 Å². The minimum absolute atomic E-state index is 0.0171. The van der Waals surface area contributed by atoms with Crippen LogP contribution in [-0.2, 0) is 4.79 Å². The zero-order chi connectivity index (χ0) is 12.6. The molecule has 92 valence electrons. The summed E-state index contributed by atoms with van der Waals surface area (Å²) in [4.78, 5) is 10.8. The third-order valence-corrected chi connectivity index (χ3v) is 3.09. The molecule has 2 unspecified atom stereocenters. The van der Waals surface area contributed by atoms with Crippen molar-refractivity contribution in [2.24, 2.45) is 5.92 Å². The van der Waals surface area contributed by atoms with Gasteiger partial charge in [0, 0.05) is 23.2 Å². The van der Waals surface area contributed by atoms with E-state index in [0.29, 0.717) is 0 Å². The van der Waals surface area contributed by atoms with Gasteiger partial charge in [-0.1, -0.05) is 11.6 Å². The molecule has 3 nitrogen and oxygen atoms in total. The highest BCUT2D eigenvalue weighted by Crippen LogP contribution is 2.32. The van der Waals surface area contributed by atoms with Crippen molar-refractivity contribution in [3.63, 3.8) is 0 Å². The first-order chi connectivity index (χ1) is 7.99. The van der Waals surface area contributed by atoms with E-state index in [1.165, 1.54) is 0 Å². The summed E-state index contributed by atoms with van der Waals surface area (Å²) in [5.41, 5.74) is -0.141. The Kier molecular flexibility index (Phi) is 3.31. The standard InChI is InChI=1S/C11H10ClF2NO2/c12-6-2-7(13)10(8(14)3-6)9-1-5(4-15-9)11(16)17/h2-3,5,9,15H,1,4H2,(H,16,17). The van der Waals surface area contributed by atoms with Gasteiger partial charge in [0.05, 0.1) is 5.92 Å². The lowest BCUT2D eigenvalue weighted by molar-refractivity contribution is -0.141. The van der Waals surface area contributed by atoms with Crippen LogP contribution in [0.15, 0.2) is 12.1 Å². The Balaban J connectivity index is 2.27. The SMILES string of the molecule is O=C(O)C1CNC(c2c(F)cc(Cl)cc2F)C1. The van der Waals surface area contributed by atoms with Crippen LogP contribution in [0.3, 0.4) is 0 Å². The van der Waals surface area contributed by atoms with E-state index in [9.17, 15) is 13.6 Å². The molecule has 0 amide bonds. The summed E-state index contributed by atoms with van der Waals surface area (Å²) in [7, 11) is 0. The van der Waals surface area contributed by atoms with Crippen molar-refractivity contribution in [2.75, 3.05) is 6.54 Å². The van der Waals surface area contributed by atoms with Gasteiger partial charge >= 0.3 is 5.97 Å². The number of carbonyl (C=O) groups is 1. The average molecular weight is 262 g/mol. The van der Waals surface area contributed by atoms with E-state index in [4.69, 9.17) is 16.7 Å². The molecule has 1 aromatic carbocycles. The summed E-state index contributed by atoms with van der Waals surface area (Å²) in [5, 5.41) is 11.6. The van der Waals surface area contributed by atoms with Crippen molar-refractivity contribution in [3.05, 3.63) is 34.4 Å². The molecule has 2 N–H and O–H groups in total. The molecule has 1 saturated heterocycles. The molecule has 1 aliphatic heterocycles. The quantitative estimate of drug-likeness (QED) is 0.859. The first-order valence-electron chi connectivity index (χ1n) is 5.09. The molecule has 1 heterocycles. The largest absolute Gasteiger partial charge is 0.481 e. The molecule has 0 spiro atoms. The van der Waals surface area contributed by atoms with E-state index in [1.54, 1.807) is 0 Å². The monoisotopic (exact) mass is 261 g/mol. The predicted octanol–water partition coefficient (Wildman–Crippen LogP) is 2.35. The second-order valence-corrected chi connectivity index (χ2v) is 4.45. The molecule has 0 aromatic heterocycles. The number of nitrogens with one attached hydrogen (secondary N) is 1. The van der Waals surface area contributed by atoms with E-state index in [2.05, 4.69) is 5.32 Å². The van der Waals surface area contributed by atoms with Gasteiger partial charge in [-0.25, -0.2) is 8.78 Å². The maximum Gasteiger partial charge on any atom is 0.307 e. The Hall–Kier alpha value is -1.20. The van der Waals surface area contributed by atoms with Gasteiger partial charge in [0.2, 0.25) is 0 Å². The van der Waals surface area contributed by atoms with Gasteiger partial charge in [-0.05, 0) is 18.6 Å². The van der Waals surface area contributed by atoms with Gasteiger partial charge < -0.3 is 10.4 Å². The Labute approximate surface area is 101 Å². The van der Waals surface area contributed by atoms with Crippen molar-refractivity contribution in [2.45, 2.75) is 12.5 Å². The maximum atomic E-state index is 13.6. The number of carboxylic acid groups (broad SMARTS) is 1. The van der Waals surface area contributed by atoms with E-state index >= 15 is 0 Å². The van der Waals surface area contributed by atoms with Crippen molar-refractivity contribution >= 4 is 17.6 Å². The van der Waals surface area contributed by atoms with Crippen LogP contribution in [0.4, 0.5) is 8.78 Å². The van der Waals surface area contributed by atoms with Crippen LogP contribution in [0.1, 0.15) is 18.0 Å². The molecule has 0 bridgehead atoms. The van der Waals surface area contributed by atoms with Crippen LogP contribution < -0.4 is 5.32 Å². The predicted molar refractivity (Wildman–Crippen MR) is 57.9 cm³/mol. The maximum absolute atomic E-state index is 13.6. The van der Waals surface area contributed by atoms with Crippen LogP contribution in [0, 0.1) is 17.6 Å². The summed E-state index contributed by atoms with van der Waals surface area (Å²) in [5.74, 6) is -3.08. The lowest BCUT2D eigenvalue weighted by atomic mass is 9.99. The highest BCUT2D eigenvalue weighted by molar-refractivity contribution is 6.30. The fraction of sp³-hybridized carbons (Fsp3) is 0.364. The van der Waals surface area contributed by atoms with Gasteiger partial charge in [-0.2, -0.15) is 0 Å². The summed E-state index contributed by atoms with van der Waals surface area (Å²) < 4.78 is 27.2. The van der Waals surface area contributed by atoms with E-state index < -0.39 is 29.6 Å². The van der Waals surface area contributed by atoms with E-state index in [0.717, 1.165) is 12.1 Å². The van der Waals surface area contributed by atoms with E-state index in [-0.39, 0.29) is 23.6 Å². The Morgan fingerprint density at radius 3 is 2.47 bits per heavy atom. The van der Waals surface area contributed by atoms with Crippen LogP contribution in [0.25, 0.3) is 0 Å². The molecular weight excluding hydrogens is 252 g/mol. The first-order valence-corrected chi connectivity index (χ1v) is 5.47. The molecule has 2 rings (SSSR count). The van der Waals surface area contributed by atoms with Gasteiger partial charge in [0.1, 0.15) is 11.6 Å². The number of halogens is 3. The van der Waals surface area contributed by atoms with Crippen molar-refractivity contribution < 1.29 is 18.7 Å². The topological polar surface area (TPSA) is 49.3 Å². The second kappa shape index (κ2) is 4.58. The number of hydrogen-bond donors (Lipinski definition) is 2. The van der Waals surface area contributed by atoms with Crippen LogP contribution >= 0.6 is 11.6 Å². The summed E-state index contributed by atoms with van der Waals surface area (Å²) in [6, 6.07) is 1.43. The fourth-order valence-electron chi connectivity index (χ4n) is 2.03. The minimum atomic E-state index is -0.963. The molecule has 0 aliphatic carbocycles. The van der Waals surface area contributed by atoms with Crippen LogP contribution in [-0.4, -0.2) is 17.6 Å². The number of carboxylic acids is 1. The summed E-state index contributed by atoms with van der Waals surface area (Å²) in [6.07, 6.45) is 0.171. The Bertz CT molecular complexity index is 444. The third kappa shape index (κ3) is 2.40. The molecule has 6 heteroatoms. The zero-order valence-electron chi connectivity index (χ0n) is 8.71. The Morgan fingerprint density at radius 2 is 2.00 bits per heavy atom. The van der Waals surface area contributed by atoms with Crippen molar-refractivity contribution in [1.82, 2.24) is 5.32 Å².